The van der Waals surface area contributed by atoms with E-state index in [2.05, 4.69) is 22.0 Å². The van der Waals surface area contributed by atoms with E-state index in [1.807, 2.05) is 5.01 Å². The summed E-state index contributed by atoms with van der Waals surface area (Å²) in [5.41, 5.74) is 3.71. The van der Waals surface area contributed by atoms with Gasteiger partial charge in [-0.15, -0.1) is 0 Å². The minimum absolute atomic E-state index is 0.0379. The van der Waals surface area contributed by atoms with Crippen LogP contribution in [0.1, 0.15) is 37.7 Å². The zero-order valence-electron chi connectivity index (χ0n) is 18.0. The standard InChI is InChI=1S/C22H28FN5O4/c1-15-21(30)25-22-24-20-16(14-28(15)22)17(23)7-8-18(20)32-11-5-3-2-4-6-19(29)26-27-9-12-31-13-10-27/h7-8H,1-6,9-14H2,(H,26,29)(H,24,25,30). The van der Waals surface area contributed by atoms with Crippen molar-refractivity contribution >= 4 is 18.2 Å². The smallest absolute Gasteiger partial charge is 0.274 e. The van der Waals surface area contributed by atoms with Gasteiger partial charge in [-0.05, 0) is 25.0 Å². The highest BCUT2D eigenvalue weighted by molar-refractivity contribution is 5.75. The topological polar surface area (TPSA) is 101 Å². The predicted molar refractivity (Wildman–Crippen MR) is 116 cm³/mol. The van der Waals surface area contributed by atoms with E-state index >= 15 is 0 Å². The number of aromatic nitrogens is 2. The van der Waals surface area contributed by atoms with Gasteiger partial charge in [-0.3, -0.25) is 20.0 Å². The third-order valence-electron chi connectivity index (χ3n) is 5.64. The van der Waals surface area contributed by atoms with Gasteiger partial charge in [-0.2, -0.15) is 0 Å². The molecule has 2 N–H and O–H groups in total. The number of hydrogen-bond acceptors (Lipinski definition) is 6. The van der Waals surface area contributed by atoms with Crippen LogP contribution in [0.3, 0.4) is 0 Å². The van der Waals surface area contributed by atoms with Gasteiger partial charge in [0, 0.05) is 25.1 Å². The Bertz CT molecular complexity index is 1140. The highest BCUT2D eigenvalue weighted by atomic mass is 19.1. The second-order valence-electron chi connectivity index (χ2n) is 7.94. The molecule has 2 aliphatic heterocycles. The first-order valence-electron chi connectivity index (χ1n) is 11.0. The van der Waals surface area contributed by atoms with Gasteiger partial charge in [0.25, 0.3) is 5.56 Å². The van der Waals surface area contributed by atoms with E-state index in [0.29, 0.717) is 48.9 Å². The lowest BCUT2D eigenvalue weighted by Crippen LogP contribution is -2.48. The third kappa shape index (κ3) is 5.08. The number of imidazole rings is 1. The summed E-state index contributed by atoms with van der Waals surface area (Å²) < 4.78 is 27.0. The quantitative estimate of drug-likeness (QED) is 0.473. The number of ether oxygens (including phenoxy) is 2. The van der Waals surface area contributed by atoms with Crippen LogP contribution in [0, 0.1) is 5.82 Å². The molecule has 0 aliphatic carbocycles. The van der Waals surface area contributed by atoms with Crippen molar-refractivity contribution in [3.8, 4) is 5.75 Å². The number of aromatic amines is 1. The highest BCUT2D eigenvalue weighted by Crippen LogP contribution is 2.34. The molecule has 1 fully saturated rings. The van der Waals surface area contributed by atoms with Crippen LogP contribution in [0.25, 0.3) is 6.58 Å². The Morgan fingerprint density at radius 1 is 1.25 bits per heavy atom. The number of nitrogens with zero attached hydrogens (tertiary/aromatic N) is 3. The van der Waals surface area contributed by atoms with Crippen LogP contribution in [-0.2, 0) is 16.1 Å². The van der Waals surface area contributed by atoms with E-state index in [4.69, 9.17) is 9.47 Å². The molecule has 4 rings (SSSR count). The van der Waals surface area contributed by atoms with Gasteiger partial charge in [-0.25, -0.2) is 14.4 Å². The number of hydrazine groups is 1. The summed E-state index contributed by atoms with van der Waals surface area (Å²) >= 11 is 0. The van der Waals surface area contributed by atoms with Crippen molar-refractivity contribution in [2.75, 3.05) is 32.9 Å². The number of morpholine rings is 1. The molecule has 2 aromatic rings. The van der Waals surface area contributed by atoms with E-state index in [1.165, 1.54) is 6.07 Å². The Morgan fingerprint density at radius 3 is 2.84 bits per heavy atom. The molecule has 0 atom stereocenters. The molecule has 32 heavy (non-hydrogen) atoms. The van der Waals surface area contributed by atoms with Crippen LogP contribution in [0.4, 0.5) is 10.1 Å². The Labute approximate surface area is 184 Å². The highest BCUT2D eigenvalue weighted by Gasteiger charge is 2.20. The minimum atomic E-state index is -0.391. The minimum Gasteiger partial charge on any atom is -0.491 e. The van der Waals surface area contributed by atoms with Crippen molar-refractivity contribution < 1.29 is 18.7 Å². The SMILES string of the molecule is C=c1c(=O)[nH]c2n1Cc1c(F)ccc(OCCCCCCC(=O)NN3CCOCC3)c1N=2. The number of rotatable bonds is 9. The van der Waals surface area contributed by atoms with Crippen molar-refractivity contribution in [1.29, 1.82) is 0 Å². The molecule has 0 radical (unpaired) electrons. The zero-order valence-corrected chi connectivity index (χ0v) is 18.0. The maximum Gasteiger partial charge on any atom is 0.274 e. The zero-order chi connectivity index (χ0) is 22.5. The van der Waals surface area contributed by atoms with Gasteiger partial charge < -0.3 is 14.0 Å². The fraction of sp³-hybridized carbons (Fsp3) is 0.500. The monoisotopic (exact) mass is 445 g/mol. The van der Waals surface area contributed by atoms with Crippen molar-refractivity contribution in [3.63, 3.8) is 0 Å². The first-order chi connectivity index (χ1) is 15.5. The second-order valence-corrected chi connectivity index (χ2v) is 7.94. The van der Waals surface area contributed by atoms with E-state index in [-0.39, 0.29) is 23.4 Å². The Hall–Kier alpha value is -2.98. The molecule has 10 heteroatoms. The number of carbonyl (C=O) groups excluding carboxylic acids is 1. The summed E-state index contributed by atoms with van der Waals surface area (Å²) in [7, 11) is 0. The number of fused-ring (bicyclic) bond motifs is 2. The lowest BCUT2D eigenvalue weighted by Gasteiger charge is -2.26. The molecule has 2 aliphatic rings. The summed E-state index contributed by atoms with van der Waals surface area (Å²) in [4.78, 5) is 30.8. The molecule has 1 aromatic heterocycles. The van der Waals surface area contributed by atoms with Crippen molar-refractivity contribution in [2.45, 2.75) is 38.6 Å². The molecule has 1 aromatic carbocycles. The van der Waals surface area contributed by atoms with E-state index < -0.39 is 5.82 Å². The van der Waals surface area contributed by atoms with Crippen molar-refractivity contribution in [3.05, 3.63) is 44.8 Å². The Kier molecular flexibility index (Phi) is 7.01. The number of nitrogens with one attached hydrogen (secondary N) is 2. The first kappa shape index (κ1) is 22.2. The average Bonchev–Trinajstić information content (AvgIpc) is 3.07. The molecule has 0 bridgehead atoms. The van der Waals surface area contributed by atoms with Gasteiger partial charge in [0.05, 0.1) is 26.4 Å². The van der Waals surface area contributed by atoms with Gasteiger partial charge in [0.2, 0.25) is 11.5 Å². The summed E-state index contributed by atoms with van der Waals surface area (Å²) in [6.45, 7) is 7.10. The van der Waals surface area contributed by atoms with E-state index in [9.17, 15) is 14.0 Å². The summed E-state index contributed by atoms with van der Waals surface area (Å²) in [5, 5.41) is 2.15. The predicted octanol–water partition coefficient (Wildman–Crippen LogP) is 0.732. The van der Waals surface area contributed by atoms with Crippen LogP contribution in [0.15, 0.2) is 21.9 Å². The van der Waals surface area contributed by atoms with Crippen LogP contribution < -0.4 is 26.7 Å². The summed E-state index contributed by atoms with van der Waals surface area (Å²) in [6.07, 6.45) is 3.97. The second kappa shape index (κ2) is 10.1. The largest absolute Gasteiger partial charge is 0.491 e. The molecule has 1 saturated heterocycles. The number of amides is 1. The van der Waals surface area contributed by atoms with Gasteiger partial charge in [0.1, 0.15) is 22.6 Å². The van der Waals surface area contributed by atoms with Crippen LogP contribution in [0.5, 0.6) is 5.75 Å². The molecule has 0 spiro atoms. The molecule has 9 nitrogen and oxygen atoms in total. The lowest BCUT2D eigenvalue weighted by atomic mass is 10.1. The van der Waals surface area contributed by atoms with E-state index in [0.717, 1.165) is 38.8 Å². The Balaban J connectivity index is 1.22. The first-order valence-corrected chi connectivity index (χ1v) is 11.0. The van der Waals surface area contributed by atoms with Gasteiger partial charge in [-0.1, -0.05) is 19.4 Å². The maximum atomic E-state index is 14.3. The lowest BCUT2D eigenvalue weighted by molar-refractivity contribution is -0.128. The molecule has 3 heterocycles. The average molecular weight is 445 g/mol. The maximum absolute atomic E-state index is 14.3. The normalized spacial score (nSPS) is 15.5. The van der Waals surface area contributed by atoms with Gasteiger partial charge in [0.15, 0.2) is 0 Å². The molecular weight excluding hydrogens is 417 g/mol. The van der Waals surface area contributed by atoms with Crippen LogP contribution in [0.2, 0.25) is 0 Å². The van der Waals surface area contributed by atoms with E-state index in [1.54, 1.807) is 10.6 Å². The Morgan fingerprint density at radius 2 is 2.03 bits per heavy atom. The van der Waals surface area contributed by atoms with Crippen LogP contribution >= 0.6 is 0 Å². The molecule has 1 amide bonds. The number of hydrogen-bond donors (Lipinski definition) is 2. The summed E-state index contributed by atoms with van der Waals surface area (Å²) in [6, 6.07) is 2.92. The molecule has 0 unspecified atom stereocenters. The molecular formula is C22H28FN5O4. The third-order valence-corrected chi connectivity index (χ3v) is 5.64. The number of halogens is 1. The fourth-order valence-corrected chi connectivity index (χ4v) is 3.82. The molecule has 172 valence electrons. The summed E-state index contributed by atoms with van der Waals surface area (Å²) in [5.74, 6) is 0.138. The van der Waals surface area contributed by atoms with Crippen LogP contribution in [-0.4, -0.2) is 53.4 Å². The fourth-order valence-electron chi connectivity index (χ4n) is 3.82. The number of H-pyrrole nitrogens is 1. The van der Waals surface area contributed by atoms with Crippen molar-refractivity contribution in [2.24, 2.45) is 4.99 Å². The van der Waals surface area contributed by atoms with Gasteiger partial charge >= 0.3 is 0 Å². The molecule has 0 saturated carbocycles. The number of benzene rings is 1. The number of carbonyl (C=O) groups is 1. The number of unbranched alkanes of at least 4 members (excludes halogenated alkanes) is 3. The van der Waals surface area contributed by atoms with Crippen molar-refractivity contribution in [1.82, 2.24) is 20.0 Å².